The predicted octanol–water partition coefficient (Wildman–Crippen LogP) is 2.98. The van der Waals surface area contributed by atoms with Gasteiger partial charge in [0, 0.05) is 28.5 Å². The smallest absolute Gasteiger partial charge is 0.335 e. The van der Waals surface area contributed by atoms with Gasteiger partial charge < -0.3 is 10.4 Å². The van der Waals surface area contributed by atoms with Crippen molar-refractivity contribution in [2.24, 2.45) is 5.10 Å². The van der Waals surface area contributed by atoms with Gasteiger partial charge in [0.15, 0.2) is 5.13 Å². The van der Waals surface area contributed by atoms with Crippen molar-refractivity contribution in [3.63, 3.8) is 0 Å². The molecule has 4 N–H and O–H groups in total. The maximum atomic E-state index is 11.9. The molecule has 152 valence electrons. The van der Waals surface area contributed by atoms with Gasteiger partial charge in [-0.25, -0.2) is 15.2 Å². The highest BCUT2D eigenvalue weighted by atomic mass is 32.1. The van der Waals surface area contributed by atoms with Crippen molar-refractivity contribution < 1.29 is 19.5 Å². The number of carbonyl (C=O) groups is 3. The van der Waals surface area contributed by atoms with Gasteiger partial charge in [-0.3, -0.25) is 14.9 Å². The number of hydrogen-bond acceptors (Lipinski definition) is 7. The van der Waals surface area contributed by atoms with Crippen molar-refractivity contribution in [2.75, 3.05) is 10.6 Å². The lowest BCUT2D eigenvalue weighted by Crippen LogP contribution is -2.32. The molecule has 2 amide bonds. The molecule has 9 nitrogen and oxygen atoms in total. The zero-order valence-electron chi connectivity index (χ0n) is 15.7. The Morgan fingerprint density at radius 1 is 1.10 bits per heavy atom. The molecule has 30 heavy (non-hydrogen) atoms. The van der Waals surface area contributed by atoms with Crippen LogP contribution < -0.4 is 16.1 Å². The first-order valence-corrected chi connectivity index (χ1v) is 9.56. The summed E-state index contributed by atoms with van der Waals surface area (Å²) in [5.41, 5.74) is 5.00. The minimum atomic E-state index is -1.10. The number of nitrogens with one attached hydrogen (secondary N) is 3. The molecule has 3 aromatic rings. The van der Waals surface area contributed by atoms with Crippen LogP contribution in [0.3, 0.4) is 0 Å². The Hall–Kier alpha value is -4.05. The first kappa shape index (κ1) is 20.7. The topological polar surface area (TPSA) is 133 Å². The van der Waals surface area contributed by atoms with E-state index in [9.17, 15) is 19.5 Å². The molecular weight excluding hydrogens is 406 g/mol. The summed E-state index contributed by atoms with van der Waals surface area (Å²) >= 11 is 1.17. The Morgan fingerprint density at radius 3 is 2.60 bits per heavy atom. The summed E-state index contributed by atoms with van der Waals surface area (Å²) in [6.45, 7) is 1.93. The highest BCUT2D eigenvalue weighted by Crippen LogP contribution is 2.23. The Kier molecular flexibility index (Phi) is 6.50. The van der Waals surface area contributed by atoms with E-state index in [1.165, 1.54) is 35.9 Å². The number of carbonyl (C=O) groups excluding carboxylic acids is 2. The van der Waals surface area contributed by atoms with Crippen molar-refractivity contribution in [1.29, 1.82) is 0 Å². The zero-order valence-corrected chi connectivity index (χ0v) is 16.6. The second-order valence-electron chi connectivity index (χ2n) is 6.04. The molecule has 1 heterocycles. The summed E-state index contributed by atoms with van der Waals surface area (Å²) < 4.78 is 0. The largest absolute Gasteiger partial charge is 0.478 e. The number of hydrazone groups is 1. The number of hydrogen-bond donors (Lipinski definition) is 4. The van der Waals surface area contributed by atoms with Crippen LogP contribution in [0.25, 0.3) is 0 Å². The second kappa shape index (κ2) is 9.43. The third kappa shape index (κ3) is 5.26. The number of nitrogens with zero attached hydrogens (tertiary/aromatic N) is 2. The van der Waals surface area contributed by atoms with Crippen LogP contribution >= 0.6 is 11.3 Å². The summed E-state index contributed by atoms with van der Waals surface area (Å²) in [5.74, 6) is -3.00. The van der Waals surface area contributed by atoms with Crippen molar-refractivity contribution in [1.82, 2.24) is 10.4 Å². The van der Waals surface area contributed by atoms with Crippen LogP contribution in [0.4, 0.5) is 16.5 Å². The fourth-order valence-electron chi connectivity index (χ4n) is 2.42. The lowest BCUT2D eigenvalue weighted by atomic mass is 10.1. The number of aromatic nitrogens is 1. The fraction of sp³-hybridized carbons (Fsp3) is 0.0500. The molecule has 0 aliphatic rings. The monoisotopic (exact) mass is 423 g/mol. The molecule has 10 heteroatoms. The van der Waals surface area contributed by atoms with Crippen LogP contribution in [0.15, 0.2) is 59.1 Å². The minimum Gasteiger partial charge on any atom is -0.478 e. The van der Waals surface area contributed by atoms with Gasteiger partial charge in [-0.05, 0) is 36.8 Å². The number of para-hydroxylation sites is 1. The molecule has 0 aliphatic heterocycles. The van der Waals surface area contributed by atoms with Gasteiger partial charge in [0.2, 0.25) is 0 Å². The van der Waals surface area contributed by atoms with E-state index in [0.29, 0.717) is 11.3 Å². The van der Waals surface area contributed by atoms with Crippen LogP contribution in [0.1, 0.15) is 21.5 Å². The maximum Gasteiger partial charge on any atom is 0.335 e. The van der Waals surface area contributed by atoms with E-state index < -0.39 is 17.8 Å². The quantitative estimate of drug-likeness (QED) is 0.274. The van der Waals surface area contributed by atoms with Crippen LogP contribution in [0, 0.1) is 6.92 Å². The summed E-state index contributed by atoms with van der Waals surface area (Å²) in [6, 6.07) is 12.1. The predicted molar refractivity (Wildman–Crippen MR) is 114 cm³/mol. The number of amides is 2. The van der Waals surface area contributed by atoms with Gasteiger partial charge in [0.25, 0.3) is 0 Å². The molecule has 3 rings (SSSR count). The van der Waals surface area contributed by atoms with Gasteiger partial charge >= 0.3 is 17.8 Å². The standard InChI is InChI=1S/C20H17N5O4S/c1-12-4-2-3-5-15(12)23-16-7-6-13(19(28)29)10-14(16)11-22-25-18(27)17(26)24-20-21-8-9-30-20/h2-11,23H,1H3,(H,25,27)(H,28,29)(H,21,24,26)/b22-11-. The Bertz CT molecular complexity index is 1110. The molecule has 0 bridgehead atoms. The third-order valence-corrected chi connectivity index (χ3v) is 4.63. The number of benzene rings is 2. The first-order chi connectivity index (χ1) is 14.4. The van der Waals surface area contributed by atoms with Gasteiger partial charge in [-0.2, -0.15) is 5.10 Å². The van der Waals surface area contributed by atoms with E-state index in [-0.39, 0.29) is 10.7 Å². The van der Waals surface area contributed by atoms with Crippen molar-refractivity contribution in [3.8, 4) is 0 Å². The van der Waals surface area contributed by atoms with Crippen LogP contribution in [-0.2, 0) is 9.59 Å². The van der Waals surface area contributed by atoms with Crippen molar-refractivity contribution >= 4 is 51.8 Å². The van der Waals surface area contributed by atoms with Gasteiger partial charge in [-0.15, -0.1) is 11.3 Å². The highest BCUT2D eigenvalue weighted by Gasteiger charge is 2.14. The van der Waals surface area contributed by atoms with Gasteiger partial charge in [0.1, 0.15) is 0 Å². The van der Waals surface area contributed by atoms with E-state index in [4.69, 9.17) is 0 Å². The fourth-order valence-corrected chi connectivity index (χ4v) is 2.95. The number of carboxylic acid groups (broad SMARTS) is 1. The van der Waals surface area contributed by atoms with Gasteiger partial charge in [0.05, 0.1) is 11.8 Å². The molecule has 1 aromatic heterocycles. The van der Waals surface area contributed by atoms with E-state index in [0.717, 1.165) is 11.3 Å². The van der Waals surface area contributed by atoms with E-state index in [1.54, 1.807) is 11.4 Å². The van der Waals surface area contributed by atoms with E-state index >= 15 is 0 Å². The average molecular weight is 423 g/mol. The van der Waals surface area contributed by atoms with Crippen LogP contribution in [0.2, 0.25) is 0 Å². The number of thiazole rings is 1. The average Bonchev–Trinajstić information content (AvgIpc) is 3.23. The summed E-state index contributed by atoms with van der Waals surface area (Å²) in [4.78, 5) is 38.9. The molecule has 0 radical (unpaired) electrons. The number of anilines is 3. The molecule has 0 atom stereocenters. The molecule has 0 saturated carbocycles. The highest BCUT2D eigenvalue weighted by molar-refractivity contribution is 7.13. The molecular formula is C20H17N5O4S. The van der Waals surface area contributed by atoms with Gasteiger partial charge in [-0.1, -0.05) is 18.2 Å². The Labute approximate surface area is 175 Å². The molecule has 0 spiro atoms. The number of carboxylic acids is 1. The van der Waals surface area contributed by atoms with Crippen LogP contribution in [0.5, 0.6) is 0 Å². The Morgan fingerprint density at radius 2 is 1.90 bits per heavy atom. The summed E-state index contributed by atoms with van der Waals surface area (Å²) in [5, 5.41) is 20.5. The van der Waals surface area contributed by atoms with Crippen molar-refractivity contribution in [2.45, 2.75) is 6.92 Å². The second-order valence-corrected chi connectivity index (χ2v) is 6.93. The summed E-state index contributed by atoms with van der Waals surface area (Å²) in [7, 11) is 0. The maximum absolute atomic E-state index is 11.9. The third-order valence-electron chi connectivity index (χ3n) is 3.94. The Balaban J connectivity index is 1.76. The number of aryl methyl sites for hydroxylation is 1. The number of aromatic carboxylic acids is 1. The molecule has 2 aromatic carbocycles. The molecule has 0 saturated heterocycles. The molecule has 0 fully saturated rings. The molecule has 0 unspecified atom stereocenters. The van der Waals surface area contributed by atoms with Crippen LogP contribution in [-0.4, -0.2) is 34.1 Å². The van der Waals surface area contributed by atoms with E-state index in [2.05, 4.69) is 26.1 Å². The van der Waals surface area contributed by atoms with Crippen molar-refractivity contribution in [3.05, 3.63) is 70.7 Å². The lowest BCUT2D eigenvalue weighted by Gasteiger charge is -2.12. The summed E-state index contributed by atoms with van der Waals surface area (Å²) in [6.07, 6.45) is 2.76. The molecule has 0 aliphatic carbocycles. The van der Waals surface area contributed by atoms with E-state index in [1.807, 2.05) is 31.2 Å². The number of rotatable bonds is 6. The normalized spacial score (nSPS) is 10.6. The SMILES string of the molecule is Cc1ccccc1Nc1ccc(C(=O)O)cc1/C=N\NC(=O)C(=O)Nc1nccs1. The minimum absolute atomic E-state index is 0.0552. The first-order valence-electron chi connectivity index (χ1n) is 8.68. The zero-order chi connectivity index (χ0) is 21.5. The lowest BCUT2D eigenvalue weighted by molar-refractivity contribution is -0.136.